The molecule has 128 valence electrons. The average molecular weight is 345 g/mol. The number of hydrogen-bond acceptors (Lipinski definition) is 4. The molecule has 0 radical (unpaired) electrons. The van der Waals surface area contributed by atoms with Crippen molar-refractivity contribution in [1.82, 2.24) is 4.57 Å². The van der Waals surface area contributed by atoms with Gasteiger partial charge in [0.25, 0.3) is 5.69 Å². The molecular formula is C20H15N3O3. The summed E-state index contributed by atoms with van der Waals surface area (Å²) in [7, 11) is 0. The van der Waals surface area contributed by atoms with Crippen LogP contribution in [0.25, 0.3) is 17.0 Å². The molecule has 0 aliphatic carbocycles. The lowest BCUT2D eigenvalue weighted by Gasteiger charge is -2.00. The Kier molecular flexibility index (Phi) is 4.63. The van der Waals surface area contributed by atoms with Crippen LogP contribution in [0.15, 0.2) is 60.3 Å². The maximum Gasteiger partial charge on any atom is 0.270 e. The standard InChI is InChI=1S/C20H15N3O3/c1-2-22-13-16(18-8-3-4-9-19(18)22)10-15(12-21)20(24)14-6-5-7-17(11-14)23(25)26/h3-11,13H,2H2,1H3/b15-10+. The number of rotatable bonds is 5. The van der Waals surface area contributed by atoms with Gasteiger partial charge in [0.2, 0.25) is 5.78 Å². The number of carbonyl (C=O) groups is 1. The first-order valence-corrected chi connectivity index (χ1v) is 8.04. The Morgan fingerprint density at radius 2 is 2.04 bits per heavy atom. The topological polar surface area (TPSA) is 88.9 Å². The lowest BCUT2D eigenvalue weighted by atomic mass is 10.0. The van der Waals surface area contributed by atoms with Gasteiger partial charge in [0.05, 0.1) is 4.92 Å². The molecule has 0 unspecified atom stereocenters. The van der Waals surface area contributed by atoms with Crippen LogP contribution >= 0.6 is 0 Å². The number of allylic oxidation sites excluding steroid dienone is 1. The smallest absolute Gasteiger partial charge is 0.270 e. The van der Waals surface area contributed by atoms with Crippen LogP contribution in [-0.2, 0) is 6.54 Å². The number of fused-ring (bicyclic) bond motifs is 1. The van der Waals surface area contributed by atoms with Crippen molar-refractivity contribution in [2.45, 2.75) is 13.5 Å². The molecule has 1 aromatic heterocycles. The molecule has 0 saturated carbocycles. The second-order valence-electron chi connectivity index (χ2n) is 5.69. The number of carbonyl (C=O) groups excluding carboxylic acids is 1. The van der Waals surface area contributed by atoms with Crippen molar-refractivity contribution < 1.29 is 9.72 Å². The summed E-state index contributed by atoms with van der Waals surface area (Å²) in [6.45, 7) is 2.77. The van der Waals surface area contributed by atoms with Crippen LogP contribution in [-0.4, -0.2) is 15.3 Å². The van der Waals surface area contributed by atoms with Crippen LogP contribution in [0, 0.1) is 21.4 Å². The first-order valence-electron chi connectivity index (χ1n) is 8.04. The molecule has 0 spiro atoms. The average Bonchev–Trinajstić information content (AvgIpc) is 3.03. The molecule has 0 N–H and O–H groups in total. The molecule has 1 heterocycles. The molecule has 3 aromatic rings. The molecule has 6 nitrogen and oxygen atoms in total. The van der Waals surface area contributed by atoms with E-state index in [9.17, 15) is 20.2 Å². The molecular weight excluding hydrogens is 330 g/mol. The van der Waals surface area contributed by atoms with Crippen LogP contribution in [0.5, 0.6) is 0 Å². The number of Topliss-reactive ketones (excluding diaryl/α,β-unsaturated/α-hetero) is 1. The van der Waals surface area contributed by atoms with E-state index in [1.54, 1.807) is 0 Å². The minimum absolute atomic E-state index is 0.0653. The van der Waals surface area contributed by atoms with E-state index < -0.39 is 10.7 Å². The van der Waals surface area contributed by atoms with Crippen LogP contribution in [0.4, 0.5) is 5.69 Å². The Labute approximate surface area is 149 Å². The van der Waals surface area contributed by atoms with E-state index >= 15 is 0 Å². The highest BCUT2D eigenvalue weighted by molar-refractivity contribution is 6.15. The molecule has 3 rings (SSSR count). The maximum absolute atomic E-state index is 12.6. The van der Waals surface area contributed by atoms with Crippen LogP contribution in [0.1, 0.15) is 22.8 Å². The Morgan fingerprint density at radius 3 is 2.73 bits per heavy atom. The summed E-state index contributed by atoms with van der Waals surface area (Å²) >= 11 is 0. The fourth-order valence-corrected chi connectivity index (χ4v) is 2.87. The number of nitro groups is 1. The molecule has 0 aliphatic rings. The van der Waals surface area contributed by atoms with Crippen molar-refractivity contribution in [2.75, 3.05) is 0 Å². The molecule has 6 heteroatoms. The van der Waals surface area contributed by atoms with Gasteiger partial charge in [0.1, 0.15) is 11.6 Å². The van der Waals surface area contributed by atoms with Gasteiger partial charge in [0, 0.05) is 46.9 Å². The summed E-state index contributed by atoms with van der Waals surface area (Å²) < 4.78 is 2.04. The van der Waals surface area contributed by atoms with E-state index in [1.165, 1.54) is 30.3 Å². The predicted octanol–water partition coefficient (Wildman–Crippen LogP) is 4.36. The highest BCUT2D eigenvalue weighted by atomic mass is 16.6. The summed E-state index contributed by atoms with van der Waals surface area (Å²) in [6.07, 6.45) is 3.43. The minimum atomic E-state index is -0.568. The number of nitro benzene ring substituents is 1. The molecule has 0 amide bonds. The lowest BCUT2D eigenvalue weighted by Crippen LogP contribution is -2.02. The summed E-state index contributed by atoms with van der Waals surface area (Å²) in [6, 6.07) is 15.1. The quantitative estimate of drug-likeness (QED) is 0.226. The van der Waals surface area contributed by atoms with E-state index in [0.29, 0.717) is 0 Å². The van der Waals surface area contributed by atoms with Crippen LogP contribution in [0.2, 0.25) is 0 Å². The van der Waals surface area contributed by atoms with E-state index in [2.05, 4.69) is 0 Å². The number of benzene rings is 2. The number of nitriles is 1. The van der Waals surface area contributed by atoms with Gasteiger partial charge in [0.15, 0.2) is 0 Å². The zero-order valence-corrected chi connectivity index (χ0v) is 14.0. The van der Waals surface area contributed by atoms with E-state index in [1.807, 2.05) is 48.0 Å². The van der Waals surface area contributed by atoms with Gasteiger partial charge < -0.3 is 4.57 Å². The molecule has 0 fully saturated rings. The molecule has 26 heavy (non-hydrogen) atoms. The number of para-hydroxylation sites is 1. The van der Waals surface area contributed by atoms with Crippen LogP contribution < -0.4 is 0 Å². The first kappa shape index (κ1) is 17.1. The van der Waals surface area contributed by atoms with Crippen molar-refractivity contribution in [3.63, 3.8) is 0 Å². The predicted molar refractivity (Wildman–Crippen MR) is 98.6 cm³/mol. The number of non-ortho nitro benzene ring substituents is 1. The molecule has 0 atom stereocenters. The third-order valence-electron chi connectivity index (χ3n) is 4.14. The monoisotopic (exact) mass is 345 g/mol. The molecule has 0 aliphatic heterocycles. The highest BCUT2D eigenvalue weighted by Gasteiger charge is 2.16. The van der Waals surface area contributed by atoms with E-state index in [0.717, 1.165) is 23.0 Å². The third kappa shape index (κ3) is 3.10. The van der Waals surface area contributed by atoms with Crippen molar-refractivity contribution in [2.24, 2.45) is 0 Å². The Bertz CT molecular complexity index is 1090. The SMILES string of the molecule is CCn1cc(/C=C(\C#N)C(=O)c2cccc([N+](=O)[O-])c2)c2ccccc21. The minimum Gasteiger partial charge on any atom is -0.347 e. The normalized spacial score (nSPS) is 11.3. The summed E-state index contributed by atoms with van der Waals surface area (Å²) in [5.74, 6) is -0.537. The van der Waals surface area contributed by atoms with Gasteiger partial charge in [-0.1, -0.05) is 30.3 Å². The Hall–Kier alpha value is -3.72. The van der Waals surface area contributed by atoms with Gasteiger partial charge in [-0.25, -0.2) is 0 Å². The molecule has 2 aromatic carbocycles. The number of nitrogens with zero attached hydrogens (tertiary/aromatic N) is 3. The van der Waals surface area contributed by atoms with Gasteiger partial charge in [-0.15, -0.1) is 0 Å². The van der Waals surface area contributed by atoms with Gasteiger partial charge in [-0.3, -0.25) is 14.9 Å². The largest absolute Gasteiger partial charge is 0.347 e. The second-order valence-corrected chi connectivity index (χ2v) is 5.69. The summed E-state index contributed by atoms with van der Waals surface area (Å²) in [4.78, 5) is 23.0. The van der Waals surface area contributed by atoms with Crippen LogP contribution in [0.3, 0.4) is 0 Å². The fraction of sp³-hybridized carbons (Fsp3) is 0.100. The zero-order valence-electron chi connectivity index (χ0n) is 14.0. The van der Waals surface area contributed by atoms with E-state index in [-0.39, 0.29) is 16.8 Å². The molecule has 0 bridgehead atoms. The second kappa shape index (κ2) is 7.03. The van der Waals surface area contributed by atoms with Crippen molar-refractivity contribution >= 4 is 28.4 Å². The highest BCUT2D eigenvalue weighted by Crippen LogP contribution is 2.25. The van der Waals surface area contributed by atoms with E-state index in [4.69, 9.17) is 0 Å². The third-order valence-corrected chi connectivity index (χ3v) is 4.14. The van der Waals surface area contributed by atoms with Crippen molar-refractivity contribution in [3.05, 3.63) is 81.5 Å². The Morgan fingerprint density at radius 1 is 1.27 bits per heavy atom. The van der Waals surface area contributed by atoms with Crippen molar-refractivity contribution in [1.29, 1.82) is 5.26 Å². The summed E-state index contributed by atoms with van der Waals surface area (Å²) in [5.41, 5.74) is 1.64. The number of hydrogen-bond donors (Lipinski definition) is 0. The zero-order chi connectivity index (χ0) is 18.7. The first-order chi connectivity index (χ1) is 12.5. The van der Waals surface area contributed by atoms with Gasteiger partial charge in [-0.05, 0) is 19.1 Å². The fourth-order valence-electron chi connectivity index (χ4n) is 2.87. The summed E-state index contributed by atoms with van der Waals surface area (Å²) in [5, 5.41) is 21.3. The Balaban J connectivity index is 2.07. The molecule has 0 saturated heterocycles. The van der Waals surface area contributed by atoms with Crippen molar-refractivity contribution in [3.8, 4) is 6.07 Å². The number of aromatic nitrogens is 1. The van der Waals surface area contributed by atoms with Gasteiger partial charge in [-0.2, -0.15) is 5.26 Å². The van der Waals surface area contributed by atoms with Gasteiger partial charge >= 0.3 is 0 Å². The maximum atomic E-state index is 12.6. The number of ketones is 1. The lowest BCUT2D eigenvalue weighted by molar-refractivity contribution is -0.384. The number of aryl methyl sites for hydroxylation is 1.